The molecular weight excluding hydrogens is 236 g/mol. The summed E-state index contributed by atoms with van der Waals surface area (Å²) in [7, 11) is 0. The van der Waals surface area contributed by atoms with E-state index < -0.39 is 0 Å². The molecule has 0 saturated carbocycles. The van der Waals surface area contributed by atoms with E-state index in [1.807, 2.05) is 35.3 Å². The molecule has 0 aromatic heterocycles. The zero-order valence-corrected chi connectivity index (χ0v) is 10.7. The SMILES string of the molecule is OCC1(CO)CSCCSCCSC1. The first-order valence-corrected chi connectivity index (χ1v) is 8.24. The normalized spacial score (nSPS) is 24.4. The third kappa shape index (κ3) is 4.23. The van der Waals surface area contributed by atoms with Gasteiger partial charge in [-0.15, -0.1) is 0 Å². The molecule has 1 fully saturated rings. The number of rotatable bonds is 2. The topological polar surface area (TPSA) is 40.5 Å². The van der Waals surface area contributed by atoms with E-state index in [9.17, 15) is 10.2 Å². The lowest BCUT2D eigenvalue weighted by molar-refractivity contribution is 0.0933. The molecule has 0 unspecified atom stereocenters. The minimum atomic E-state index is -0.253. The standard InChI is InChI=1S/C9H18O2S3/c10-5-9(6-11)7-13-3-1-12-2-4-14-8-9/h10-11H,1-8H2. The highest BCUT2D eigenvalue weighted by Gasteiger charge is 2.28. The van der Waals surface area contributed by atoms with Crippen LogP contribution in [-0.2, 0) is 0 Å². The van der Waals surface area contributed by atoms with Gasteiger partial charge in [0.25, 0.3) is 0 Å². The number of aliphatic hydroxyl groups excluding tert-OH is 2. The maximum atomic E-state index is 9.33. The molecular formula is C9H18O2S3. The fraction of sp³-hybridized carbons (Fsp3) is 1.00. The molecule has 14 heavy (non-hydrogen) atoms. The van der Waals surface area contributed by atoms with Gasteiger partial charge in [0.15, 0.2) is 0 Å². The van der Waals surface area contributed by atoms with Crippen molar-refractivity contribution in [3.8, 4) is 0 Å². The summed E-state index contributed by atoms with van der Waals surface area (Å²) in [6.07, 6.45) is 0. The van der Waals surface area contributed by atoms with E-state index in [2.05, 4.69) is 0 Å². The van der Waals surface area contributed by atoms with Crippen LogP contribution >= 0.6 is 35.3 Å². The molecule has 2 nitrogen and oxygen atoms in total. The Morgan fingerprint density at radius 2 is 1.21 bits per heavy atom. The van der Waals surface area contributed by atoms with E-state index in [0.29, 0.717) is 0 Å². The molecule has 1 heterocycles. The zero-order valence-electron chi connectivity index (χ0n) is 8.28. The van der Waals surface area contributed by atoms with Gasteiger partial charge in [-0.1, -0.05) is 0 Å². The maximum absolute atomic E-state index is 9.33. The Kier molecular flexibility index (Phi) is 6.78. The molecule has 0 aromatic carbocycles. The minimum Gasteiger partial charge on any atom is -0.396 e. The van der Waals surface area contributed by atoms with Crippen LogP contribution in [0.2, 0.25) is 0 Å². The van der Waals surface area contributed by atoms with Gasteiger partial charge in [-0.2, -0.15) is 35.3 Å². The van der Waals surface area contributed by atoms with Crippen LogP contribution in [0.4, 0.5) is 0 Å². The van der Waals surface area contributed by atoms with Crippen molar-refractivity contribution >= 4 is 35.3 Å². The van der Waals surface area contributed by atoms with Crippen molar-refractivity contribution in [3.63, 3.8) is 0 Å². The quantitative estimate of drug-likeness (QED) is 0.774. The lowest BCUT2D eigenvalue weighted by atomic mass is 9.96. The highest BCUT2D eigenvalue weighted by molar-refractivity contribution is 8.04. The summed E-state index contributed by atoms with van der Waals surface area (Å²) in [4.78, 5) is 0. The van der Waals surface area contributed by atoms with Gasteiger partial charge in [-0.05, 0) is 0 Å². The largest absolute Gasteiger partial charge is 0.396 e. The molecule has 1 saturated heterocycles. The zero-order chi connectivity index (χ0) is 10.3. The molecule has 0 aliphatic carbocycles. The molecule has 2 N–H and O–H groups in total. The van der Waals surface area contributed by atoms with Crippen molar-refractivity contribution in [1.29, 1.82) is 0 Å². The maximum Gasteiger partial charge on any atom is 0.0525 e. The van der Waals surface area contributed by atoms with E-state index >= 15 is 0 Å². The van der Waals surface area contributed by atoms with Crippen LogP contribution in [0.25, 0.3) is 0 Å². The lowest BCUT2D eigenvalue weighted by Crippen LogP contribution is -2.36. The van der Waals surface area contributed by atoms with E-state index in [-0.39, 0.29) is 18.6 Å². The van der Waals surface area contributed by atoms with Crippen LogP contribution in [-0.4, -0.2) is 57.9 Å². The van der Waals surface area contributed by atoms with Gasteiger partial charge in [-0.3, -0.25) is 0 Å². The Hall–Kier alpha value is 0.970. The molecule has 1 rings (SSSR count). The molecule has 0 spiro atoms. The summed E-state index contributed by atoms with van der Waals surface area (Å²) >= 11 is 5.71. The fourth-order valence-electron chi connectivity index (χ4n) is 1.19. The second-order valence-corrected chi connectivity index (χ2v) is 6.97. The fourth-order valence-corrected chi connectivity index (χ4v) is 5.13. The predicted molar refractivity (Wildman–Crippen MR) is 68.6 cm³/mol. The van der Waals surface area contributed by atoms with E-state index in [1.54, 1.807) is 0 Å². The number of hydrogen-bond donors (Lipinski definition) is 2. The van der Waals surface area contributed by atoms with Gasteiger partial charge in [0.1, 0.15) is 0 Å². The summed E-state index contributed by atoms with van der Waals surface area (Å²) < 4.78 is 0. The van der Waals surface area contributed by atoms with Gasteiger partial charge in [-0.25, -0.2) is 0 Å². The van der Waals surface area contributed by atoms with Crippen LogP contribution in [0.15, 0.2) is 0 Å². The Morgan fingerprint density at radius 1 is 0.786 bits per heavy atom. The van der Waals surface area contributed by atoms with Crippen LogP contribution in [0.1, 0.15) is 0 Å². The molecule has 0 aromatic rings. The second-order valence-electron chi connectivity index (χ2n) is 3.53. The predicted octanol–water partition coefficient (Wildman–Crippen LogP) is 1.17. The molecule has 84 valence electrons. The third-order valence-electron chi connectivity index (χ3n) is 2.23. The van der Waals surface area contributed by atoms with Crippen LogP contribution in [0.3, 0.4) is 0 Å². The summed E-state index contributed by atoms with van der Waals surface area (Å²) in [5, 5.41) is 18.7. The Labute approximate surface area is 98.6 Å². The van der Waals surface area contributed by atoms with Crippen LogP contribution < -0.4 is 0 Å². The molecule has 0 amide bonds. The lowest BCUT2D eigenvalue weighted by Gasteiger charge is -2.29. The molecule has 1 aliphatic rings. The smallest absolute Gasteiger partial charge is 0.0525 e. The summed E-state index contributed by atoms with van der Waals surface area (Å²) in [5.74, 6) is 6.42. The average Bonchev–Trinajstić information content (AvgIpc) is 2.26. The minimum absolute atomic E-state index is 0.108. The highest BCUT2D eigenvalue weighted by atomic mass is 32.2. The van der Waals surface area contributed by atoms with Crippen molar-refractivity contribution in [1.82, 2.24) is 0 Å². The summed E-state index contributed by atoms with van der Waals surface area (Å²) in [6, 6.07) is 0. The van der Waals surface area contributed by atoms with Gasteiger partial charge in [0, 0.05) is 39.9 Å². The first-order chi connectivity index (χ1) is 6.83. The van der Waals surface area contributed by atoms with Crippen LogP contribution in [0, 0.1) is 5.41 Å². The van der Waals surface area contributed by atoms with Gasteiger partial charge >= 0.3 is 0 Å². The Balaban J connectivity index is 2.44. The highest BCUT2D eigenvalue weighted by Crippen LogP contribution is 2.29. The summed E-state index contributed by atoms with van der Waals surface area (Å²) in [6.45, 7) is 0.216. The average molecular weight is 254 g/mol. The van der Waals surface area contributed by atoms with Gasteiger partial charge in [0.05, 0.1) is 13.2 Å². The molecule has 5 heteroatoms. The number of hydrogen-bond acceptors (Lipinski definition) is 5. The molecule has 1 aliphatic heterocycles. The monoisotopic (exact) mass is 254 g/mol. The Morgan fingerprint density at radius 3 is 1.64 bits per heavy atom. The number of thioether (sulfide) groups is 3. The first-order valence-electron chi connectivity index (χ1n) is 4.78. The Bertz CT molecular complexity index is 139. The first kappa shape index (κ1) is 13.0. The van der Waals surface area contributed by atoms with Crippen molar-refractivity contribution in [2.45, 2.75) is 0 Å². The van der Waals surface area contributed by atoms with Crippen molar-refractivity contribution in [2.24, 2.45) is 5.41 Å². The second kappa shape index (κ2) is 7.28. The summed E-state index contributed by atoms with van der Waals surface area (Å²) in [5.41, 5.74) is -0.253. The van der Waals surface area contributed by atoms with Crippen molar-refractivity contribution < 1.29 is 10.2 Å². The van der Waals surface area contributed by atoms with Gasteiger partial charge in [0.2, 0.25) is 0 Å². The number of aliphatic hydroxyl groups is 2. The molecule has 0 radical (unpaired) electrons. The molecule has 0 bridgehead atoms. The third-order valence-corrected chi connectivity index (χ3v) is 6.35. The van der Waals surface area contributed by atoms with Gasteiger partial charge < -0.3 is 10.2 Å². The van der Waals surface area contributed by atoms with E-state index in [1.165, 1.54) is 11.5 Å². The van der Waals surface area contributed by atoms with E-state index in [0.717, 1.165) is 23.0 Å². The molecule has 0 atom stereocenters. The van der Waals surface area contributed by atoms with Crippen molar-refractivity contribution in [2.75, 3.05) is 47.7 Å². The van der Waals surface area contributed by atoms with E-state index in [4.69, 9.17) is 0 Å². The van der Waals surface area contributed by atoms with Crippen LogP contribution in [0.5, 0.6) is 0 Å². The van der Waals surface area contributed by atoms with Crippen molar-refractivity contribution in [3.05, 3.63) is 0 Å².